The Morgan fingerprint density at radius 1 is 1.29 bits per heavy atom. The molecule has 2 heteroatoms. The van der Waals surface area contributed by atoms with Gasteiger partial charge in [-0.15, -0.1) is 0 Å². The smallest absolute Gasteiger partial charge is 0.150 e. The summed E-state index contributed by atoms with van der Waals surface area (Å²) >= 11 is 0. The summed E-state index contributed by atoms with van der Waals surface area (Å²) in [6.45, 7) is 1.96. The largest absolute Gasteiger partial charge is 0.490 e. The molecule has 0 N–H and O–H groups in total. The maximum Gasteiger partial charge on any atom is 0.150 e. The zero-order chi connectivity index (χ0) is 11.8. The van der Waals surface area contributed by atoms with Crippen molar-refractivity contribution in [1.82, 2.24) is 0 Å². The Labute approximate surface area is 102 Å². The van der Waals surface area contributed by atoms with Crippen LogP contribution < -0.4 is 4.74 Å². The van der Waals surface area contributed by atoms with Crippen molar-refractivity contribution in [1.29, 1.82) is 0 Å². The predicted octanol–water partition coefficient (Wildman–Crippen LogP) is 3.37. The highest BCUT2D eigenvalue weighted by molar-refractivity contribution is 5.77. The van der Waals surface area contributed by atoms with Crippen molar-refractivity contribution in [2.75, 3.05) is 0 Å². The van der Waals surface area contributed by atoms with Gasteiger partial charge in [-0.05, 0) is 68.2 Å². The van der Waals surface area contributed by atoms with Crippen molar-refractivity contribution in [3.63, 3.8) is 0 Å². The summed E-state index contributed by atoms with van der Waals surface area (Å²) in [6.07, 6.45) is 6.62. The summed E-state index contributed by atoms with van der Waals surface area (Å²) in [5.41, 5.74) is 1.76. The summed E-state index contributed by atoms with van der Waals surface area (Å²) in [7, 11) is 0. The van der Waals surface area contributed by atoms with Gasteiger partial charge in [-0.2, -0.15) is 0 Å². The first kappa shape index (κ1) is 10.8. The first-order valence-corrected chi connectivity index (χ1v) is 6.49. The molecular formula is C15H18O2. The number of benzene rings is 1. The molecule has 0 heterocycles. The molecular weight excluding hydrogens is 212 g/mol. The Balaban J connectivity index is 1.73. The van der Waals surface area contributed by atoms with Crippen molar-refractivity contribution in [2.24, 2.45) is 11.8 Å². The van der Waals surface area contributed by atoms with E-state index in [0.717, 1.165) is 35.0 Å². The lowest BCUT2D eigenvalue weighted by Gasteiger charge is -2.23. The number of carbonyl (C=O) groups is 1. The van der Waals surface area contributed by atoms with Crippen LogP contribution in [-0.2, 0) is 0 Å². The quantitative estimate of drug-likeness (QED) is 0.744. The molecule has 0 radical (unpaired) electrons. The number of hydrogen-bond donors (Lipinski definition) is 0. The molecule has 0 saturated heterocycles. The maximum absolute atomic E-state index is 10.7. The van der Waals surface area contributed by atoms with E-state index in [1.807, 2.05) is 25.1 Å². The molecule has 3 rings (SSSR count). The van der Waals surface area contributed by atoms with Gasteiger partial charge in [-0.3, -0.25) is 4.79 Å². The topological polar surface area (TPSA) is 26.3 Å². The van der Waals surface area contributed by atoms with Gasteiger partial charge < -0.3 is 4.74 Å². The summed E-state index contributed by atoms with van der Waals surface area (Å²) in [5.74, 6) is 2.59. The van der Waals surface area contributed by atoms with E-state index in [-0.39, 0.29) is 0 Å². The van der Waals surface area contributed by atoms with Gasteiger partial charge in [0.1, 0.15) is 18.1 Å². The van der Waals surface area contributed by atoms with Crippen LogP contribution >= 0.6 is 0 Å². The molecule has 0 aliphatic heterocycles. The van der Waals surface area contributed by atoms with Crippen LogP contribution in [0.25, 0.3) is 0 Å². The molecule has 3 atom stereocenters. The molecule has 90 valence electrons. The van der Waals surface area contributed by atoms with E-state index >= 15 is 0 Å². The summed E-state index contributed by atoms with van der Waals surface area (Å²) < 4.78 is 6.07. The minimum Gasteiger partial charge on any atom is -0.490 e. The van der Waals surface area contributed by atoms with Gasteiger partial charge >= 0.3 is 0 Å². The van der Waals surface area contributed by atoms with Crippen LogP contribution in [0.3, 0.4) is 0 Å². The van der Waals surface area contributed by atoms with Crippen LogP contribution in [0.1, 0.15) is 41.6 Å². The van der Waals surface area contributed by atoms with E-state index in [4.69, 9.17) is 4.74 Å². The van der Waals surface area contributed by atoms with Gasteiger partial charge in [0.05, 0.1) is 0 Å². The van der Waals surface area contributed by atoms with Crippen molar-refractivity contribution < 1.29 is 9.53 Å². The minimum absolute atomic E-state index is 0.412. The van der Waals surface area contributed by atoms with Crippen LogP contribution in [0.15, 0.2) is 18.2 Å². The third-order valence-corrected chi connectivity index (χ3v) is 4.33. The van der Waals surface area contributed by atoms with Gasteiger partial charge in [0.15, 0.2) is 0 Å². The van der Waals surface area contributed by atoms with Gasteiger partial charge in [-0.1, -0.05) is 0 Å². The number of carbonyl (C=O) groups excluding carboxylic acids is 1. The monoisotopic (exact) mass is 230 g/mol. The van der Waals surface area contributed by atoms with Crippen LogP contribution in [0.5, 0.6) is 5.75 Å². The van der Waals surface area contributed by atoms with Crippen molar-refractivity contribution in [3.8, 4) is 5.75 Å². The Morgan fingerprint density at radius 2 is 2.18 bits per heavy atom. The fourth-order valence-electron chi connectivity index (χ4n) is 3.36. The lowest BCUT2D eigenvalue weighted by molar-refractivity contribution is 0.112. The third kappa shape index (κ3) is 1.97. The molecule has 1 aromatic rings. The summed E-state index contributed by atoms with van der Waals surface area (Å²) in [6, 6.07) is 5.75. The first-order valence-electron chi connectivity index (χ1n) is 6.49. The highest BCUT2D eigenvalue weighted by Gasteiger charge is 2.40. The fraction of sp³-hybridized carbons (Fsp3) is 0.533. The van der Waals surface area contributed by atoms with Crippen LogP contribution in [0.4, 0.5) is 0 Å². The van der Waals surface area contributed by atoms with Crippen molar-refractivity contribution in [2.45, 2.75) is 38.7 Å². The number of ether oxygens (including phenoxy) is 1. The van der Waals surface area contributed by atoms with E-state index in [2.05, 4.69) is 0 Å². The Bertz CT molecular complexity index is 439. The fourth-order valence-corrected chi connectivity index (χ4v) is 3.36. The van der Waals surface area contributed by atoms with Gasteiger partial charge in [0.25, 0.3) is 0 Å². The Kier molecular flexibility index (Phi) is 2.65. The van der Waals surface area contributed by atoms with Crippen LogP contribution in [-0.4, -0.2) is 12.4 Å². The SMILES string of the molecule is Cc1cc(OC2CC3CCC2C3)ccc1C=O. The third-order valence-electron chi connectivity index (χ3n) is 4.33. The van der Waals surface area contributed by atoms with E-state index in [9.17, 15) is 4.79 Å². The first-order chi connectivity index (χ1) is 8.26. The van der Waals surface area contributed by atoms with Crippen LogP contribution in [0, 0.1) is 18.8 Å². The zero-order valence-corrected chi connectivity index (χ0v) is 10.2. The standard InChI is InChI=1S/C15H18O2/c1-10-6-14(5-4-13(10)9-16)17-15-8-11-2-3-12(15)7-11/h4-6,9,11-12,15H,2-3,7-8H2,1H3. The molecule has 2 bridgehead atoms. The lowest BCUT2D eigenvalue weighted by Crippen LogP contribution is -2.23. The number of aldehydes is 1. The lowest BCUT2D eigenvalue weighted by atomic mass is 9.97. The van der Waals surface area contributed by atoms with E-state index in [1.54, 1.807) is 0 Å². The molecule has 0 spiro atoms. The minimum atomic E-state index is 0.412. The number of aryl methyl sites for hydroxylation is 1. The average molecular weight is 230 g/mol. The molecule has 2 fully saturated rings. The molecule has 2 saturated carbocycles. The van der Waals surface area contributed by atoms with E-state index in [1.165, 1.54) is 25.7 Å². The Hall–Kier alpha value is -1.31. The highest BCUT2D eigenvalue weighted by atomic mass is 16.5. The molecule has 3 unspecified atom stereocenters. The predicted molar refractivity (Wildman–Crippen MR) is 66.4 cm³/mol. The Morgan fingerprint density at radius 3 is 2.76 bits per heavy atom. The second-order valence-electron chi connectivity index (χ2n) is 5.47. The second kappa shape index (κ2) is 4.17. The highest BCUT2D eigenvalue weighted by Crippen LogP contribution is 2.46. The molecule has 17 heavy (non-hydrogen) atoms. The molecule has 0 amide bonds. The van der Waals surface area contributed by atoms with Crippen LogP contribution in [0.2, 0.25) is 0 Å². The molecule has 0 aromatic heterocycles. The van der Waals surface area contributed by atoms with E-state index in [0.29, 0.717) is 6.10 Å². The number of rotatable bonds is 3. The van der Waals surface area contributed by atoms with Gasteiger partial charge in [0, 0.05) is 5.56 Å². The zero-order valence-electron chi connectivity index (χ0n) is 10.2. The van der Waals surface area contributed by atoms with Gasteiger partial charge in [-0.25, -0.2) is 0 Å². The van der Waals surface area contributed by atoms with Crippen molar-refractivity contribution in [3.05, 3.63) is 29.3 Å². The molecule has 2 nitrogen and oxygen atoms in total. The number of fused-ring (bicyclic) bond motifs is 2. The van der Waals surface area contributed by atoms with E-state index < -0.39 is 0 Å². The maximum atomic E-state index is 10.7. The summed E-state index contributed by atoms with van der Waals surface area (Å²) in [5, 5.41) is 0. The van der Waals surface area contributed by atoms with Gasteiger partial charge in [0.2, 0.25) is 0 Å². The second-order valence-corrected chi connectivity index (χ2v) is 5.47. The number of hydrogen-bond acceptors (Lipinski definition) is 2. The normalized spacial score (nSPS) is 30.5. The summed E-state index contributed by atoms with van der Waals surface area (Å²) in [4.78, 5) is 10.7. The molecule has 2 aliphatic rings. The molecule has 1 aromatic carbocycles. The molecule has 2 aliphatic carbocycles. The van der Waals surface area contributed by atoms with Crippen molar-refractivity contribution >= 4 is 6.29 Å². The average Bonchev–Trinajstić information content (AvgIpc) is 2.91.